The highest BCUT2D eigenvalue weighted by Crippen LogP contribution is 2.33. The number of rotatable bonds is 22. The van der Waals surface area contributed by atoms with E-state index in [0.717, 1.165) is 19.3 Å². The van der Waals surface area contributed by atoms with Crippen LogP contribution >= 0.6 is 11.6 Å². The number of ketones is 1. The van der Waals surface area contributed by atoms with E-state index in [9.17, 15) is 19.2 Å². The van der Waals surface area contributed by atoms with Crippen molar-refractivity contribution in [2.24, 2.45) is 5.41 Å². The number of amides is 1. The predicted octanol–water partition coefficient (Wildman–Crippen LogP) is 10.8. The minimum absolute atomic E-state index is 0.168. The molecule has 0 fully saturated rings. The zero-order valence-electron chi connectivity index (χ0n) is 32.3. The molecule has 1 amide bonds. The number of halogens is 1. The molecule has 0 aromatic heterocycles. The minimum Gasteiger partial charge on any atom is -0.462 e. The summed E-state index contributed by atoms with van der Waals surface area (Å²) in [7, 11) is 0. The van der Waals surface area contributed by atoms with Gasteiger partial charge in [0, 0.05) is 5.41 Å². The highest BCUT2D eigenvalue weighted by atomic mass is 35.5. The van der Waals surface area contributed by atoms with Crippen molar-refractivity contribution >= 4 is 52.3 Å². The average molecular weight is 761 g/mol. The van der Waals surface area contributed by atoms with Crippen molar-refractivity contribution in [2.45, 2.75) is 124 Å². The molecule has 1 aliphatic heterocycles. The number of nitrogens with zero attached hydrogens (tertiary/aromatic N) is 1. The number of para-hydroxylation sites is 1. The van der Waals surface area contributed by atoms with E-state index in [1.54, 1.807) is 69.3 Å². The molecule has 3 aromatic carbocycles. The standard InChI is InChI=1S/C43H57ClN4O6/c1-5-6-7-8-9-10-11-12-13-14-15-16-17-21-28-53-41(51)31-24-26-34(44)36(29-31)45-40(50)38(39(49)43(2,3)4)48-46-35-27-25-32(30-37(35)47-48)42(52)54-33-22-19-18-20-23-33/h18-20,22-27,29-30,38,46-47H,5-17,21,28H2,1-4H3,(H,45,50). The lowest BCUT2D eigenvalue weighted by molar-refractivity contribution is -0.137. The second-order valence-electron chi connectivity index (χ2n) is 15.0. The van der Waals surface area contributed by atoms with Crippen LogP contribution in [0.1, 0.15) is 138 Å². The van der Waals surface area contributed by atoms with Gasteiger partial charge in [0.1, 0.15) is 5.75 Å². The van der Waals surface area contributed by atoms with Gasteiger partial charge in [0.05, 0.1) is 39.8 Å². The summed E-state index contributed by atoms with van der Waals surface area (Å²) in [4.78, 5) is 53.3. The van der Waals surface area contributed by atoms with Gasteiger partial charge in [0.15, 0.2) is 11.8 Å². The molecule has 292 valence electrons. The maximum absolute atomic E-state index is 13.9. The number of fused-ring (bicyclic) bond motifs is 1. The van der Waals surface area contributed by atoms with Gasteiger partial charge in [-0.3, -0.25) is 20.4 Å². The molecule has 0 radical (unpaired) electrons. The normalized spacial score (nSPS) is 13.0. The van der Waals surface area contributed by atoms with Gasteiger partial charge in [-0.05, 0) is 55.0 Å². The van der Waals surface area contributed by atoms with Gasteiger partial charge in [-0.25, -0.2) is 9.59 Å². The number of hydrogen-bond acceptors (Lipinski definition) is 9. The number of benzene rings is 3. The van der Waals surface area contributed by atoms with Crippen molar-refractivity contribution in [1.82, 2.24) is 5.12 Å². The number of carbonyl (C=O) groups excluding carboxylic acids is 4. The summed E-state index contributed by atoms with van der Waals surface area (Å²) in [6.07, 6.45) is 17.4. The van der Waals surface area contributed by atoms with Crippen LogP contribution in [0.25, 0.3) is 0 Å². The molecule has 3 aromatic rings. The van der Waals surface area contributed by atoms with Gasteiger partial charge in [-0.2, -0.15) is 0 Å². The number of hydrazine groups is 2. The van der Waals surface area contributed by atoms with E-state index >= 15 is 0 Å². The van der Waals surface area contributed by atoms with Crippen LogP contribution in [-0.4, -0.2) is 41.4 Å². The number of hydrogen-bond donors (Lipinski definition) is 3. The molecule has 54 heavy (non-hydrogen) atoms. The number of Topliss-reactive ketones (excluding diaryl/α,β-unsaturated/α-hetero) is 1. The Kier molecular flexibility index (Phi) is 16.8. The first-order chi connectivity index (χ1) is 26.0. The van der Waals surface area contributed by atoms with Gasteiger partial charge < -0.3 is 14.8 Å². The van der Waals surface area contributed by atoms with Gasteiger partial charge in [0.2, 0.25) is 0 Å². The van der Waals surface area contributed by atoms with E-state index in [-0.39, 0.29) is 21.8 Å². The Morgan fingerprint density at radius 1 is 0.704 bits per heavy atom. The van der Waals surface area contributed by atoms with E-state index in [2.05, 4.69) is 23.1 Å². The molecule has 0 spiro atoms. The monoisotopic (exact) mass is 760 g/mol. The first-order valence-corrected chi connectivity index (χ1v) is 19.9. The number of anilines is 3. The SMILES string of the molecule is CCCCCCCCCCCCCCCCOC(=O)c1ccc(Cl)c(NC(=O)C(C(=O)C(C)(C)C)N2Nc3ccc(C(=O)Oc4ccccc4)cc3N2)c1. The first-order valence-electron chi connectivity index (χ1n) is 19.5. The number of nitrogens with one attached hydrogen (secondary N) is 3. The van der Waals surface area contributed by atoms with Crippen molar-refractivity contribution in [1.29, 1.82) is 0 Å². The molecular weight excluding hydrogens is 704 g/mol. The third-order valence-corrected chi connectivity index (χ3v) is 9.71. The highest BCUT2D eigenvalue weighted by molar-refractivity contribution is 6.34. The smallest absolute Gasteiger partial charge is 0.343 e. The second kappa shape index (κ2) is 21.5. The van der Waals surface area contributed by atoms with E-state index in [1.807, 2.05) is 6.07 Å². The molecule has 1 aliphatic rings. The number of ether oxygens (including phenoxy) is 2. The Morgan fingerprint density at radius 2 is 1.26 bits per heavy atom. The third kappa shape index (κ3) is 13.2. The highest BCUT2D eigenvalue weighted by Gasteiger charge is 2.42. The van der Waals surface area contributed by atoms with Crippen LogP contribution in [0, 0.1) is 5.41 Å². The largest absolute Gasteiger partial charge is 0.462 e. The maximum atomic E-state index is 13.9. The summed E-state index contributed by atoms with van der Waals surface area (Å²) in [5.41, 5.74) is 6.89. The summed E-state index contributed by atoms with van der Waals surface area (Å²) in [5.74, 6) is -1.74. The van der Waals surface area contributed by atoms with Crippen LogP contribution in [0.15, 0.2) is 66.7 Å². The van der Waals surface area contributed by atoms with E-state index in [1.165, 1.54) is 87.9 Å². The second-order valence-corrected chi connectivity index (χ2v) is 15.4. The van der Waals surface area contributed by atoms with Crippen molar-refractivity contribution in [3.63, 3.8) is 0 Å². The van der Waals surface area contributed by atoms with Gasteiger partial charge in [-0.15, -0.1) is 5.12 Å². The van der Waals surface area contributed by atoms with Crippen LogP contribution in [0.3, 0.4) is 0 Å². The quantitative estimate of drug-likeness (QED) is 0.0397. The van der Waals surface area contributed by atoms with Crippen molar-refractivity contribution in [3.05, 3.63) is 82.9 Å². The first kappa shape index (κ1) is 42.3. The fraction of sp³-hybridized carbons (Fsp3) is 0.488. The predicted molar refractivity (Wildman–Crippen MR) is 216 cm³/mol. The fourth-order valence-electron chi connectivity index (χ4n) is 6.19. The molecule has 0 saturated heterocycles. The minimum atomic E-state index is -1.37. The molecule has 1 heterocycles. The Morgan fingerprint density at radius 3 is 1.87 bits per heavy atom. The van der Waals surface area contributed by atoms with E-state index < -0.39 is 35.1 Å². The Bertz CT molecular complexity index is 1690. The fourth-order valence-corrected chi connectivity index (χ4v) is 6.35. The average Bonchev–Trinajstić information content (AvgIpc) is 3.57. The molecular formula is C43H57ClN4O6. The molecule has 0 aliphatic carbocycles. The Hall–Kier alpha value is -4.41. The van der Waals surface area contributed by atoms with Gasteiger partial charge in [-0.1, -0.05) is 141 Å². The summed E-state index contributed by atoms with van der Waals surface area (Å²) in [6, 6.07) is 16.7. The van der Waals surface area contributed by atoms with Crippen LogP contribution in [0.2, 0.25) is 5.02 Å². The lowest BCUT2D eigenvalue weighted by Gasteiger charge is -2.30. The van der Waals surface area contributed by atoms with E-state index in [0.29, 0.717) is 23.7 Å². The zero-order valence-corrected chi connectivity index (χ0v) is 33.1. The molecule has 3 N–H and O–H groups in total. The summed E-state index contributed by atoms with van der Waals surface area (Å²) in [5, 5.41) is 4.24. The number of unbranched alkanes of at least 4 members (excludes halogenated alkanes) is 13. The van der Waals surface area contributed by atoms with Crippen molar-refractivity contribution < 1.29 is 28.7 Å². The molecule has 1 atom stereocenters. The van der Waals surface area contributed by atoms with Gasteiger partial charge >= 0.3 is 11.9 Å². The summed E-state index contributed by atoms with van der Waals surface area (Å²) < 4.78 is 11.0. The topological polar surface area (TPSA) is 126 Å². The molecule has 1 unspecified atom stereocenters. The Balaban J connectivity index is 1.27. The molecule has 11 heteroatoms. The maximum Gasteiger partial charge on any atom is 0.343 e. The lowest BCUT2D eigenvalue weighted by atomic mass is 9.86. The van der Waals surface area contributed by atoms with Gasteiger partial charge in [0.25, 0.3) is 5.91 Å². The number of carbonyl (C=O) groups is 4. The summed E-state index contributed by atoms with van der Waals surface area (Å²) >= 11 is 6.46. The molecule has 0 bridgehead atoms. The third-order valence-electron chi connectivity index (χ3n) is 9.38. The van der Waals surface area contributed by atoms with E-state index in [4.69, 9.17) is 21.1 Å². The summed E-state index contributed by atoms with van der Waals surface area (Å²) in [6.45, 7) is 7.72. The molecule has 0 saturated carbocycles. The lowest BCUT2D eigenvalue weighted by Crippen LogP contribution is -2.55. The van der Waals surface area contributed by atoms with Crippen LogP contribution in [0.5, 0.6) is 5.75 Å². The van der Waals surface area contributed by atoms with Crippen molar-refractivity contribution in [3.8, 4) is 5.75 Å². The zero-order chi connectivity index (χ0) is 38.9. The number of esters is 2. The molecule has 10 nitrogen and oxygen atoms in total. The molecule has 4 rings (SSSR count). The van der Waals surface area contributed by atoms with Crippen molar-refractivity contribution in [2.75, 3.05) is 22.8 Å². The Labute approximate surface area is 325 Å². The van der Waals surface area contributed by atoms with Crippen LogP contribution < -0.4 is 20.9 Å². The van der Waals surface area contributed by atoms with Crippen LogP contribution in [0.4, 0.5) is 17.1 Å². The van der Waals surface area contributed by atoms with Crippen LogP contribution in [-0.2, 0) is 14.3 Å².